The van der Waals surface area contributed by atoms with Crippen molar-refractivity contribution in [2.24, 2.45) is 10.9 Å². The molecule has 6 nitrogen and oxygen atoms in total. The van der Waals surface area contributed by atoms with Crippen LogP contribution in [0.4, 0.5) is 0 Å². The number of ether oxygens (including phenoxy) is 1. The van der Waals surface area contributed by atoms with Crippen LogP contribution in [0.3, 0.4) is 0 Å². The minimum atomic E-state index is 0.269. The van der Waals surface area contributed by atoms with E-state index >= 15 is 0 Å². The summed E-state index contributed by atoms with van der Waals surface area (Å²) < 4.78 is 11.3. The largest absolute Gasteiger partial charge is 0.468 e. The average molecular weight is 415 g/mol. The van der Waals surface area contributed by atoms with Crippen molar-refractivity contribution in [1.29, 1.82) is 0 Å². The van der Waals surface area contributed by atoms with Crippen molar-refractivity contribution in [2.45, 2.75) is 52.9 Å². The fourth-order valence-electron chi connectivity index (χ4n) is 3.46. The fraction of sp³-hybridized carbons (Fsp3) is 0.542. The summed E-state index contributed by atoms with van der Waals surface area (Å²) in [7, 11) is 3.91. The van der Waals surface area contributed by atoms with Crippen LogP contribution in [0.1, 0.15) is 44.1 Å². The molecule has 0 spiro atoms. The maximum atomic E-state index is 5.83. The normalized spacial score (nSPS) is 13.1. The van der Waals surface area contributed by atoms with Gasteiger partial charge in [0.2, 0.25) is 0 Å². The third-order valence-corrected chi connectivity index (χ3v) is 5.08. The smallest absolute Gasteiger partial charge is 0.191 e. The van der Waals surface area contributed by atoms with Crippen LogP contribution in [0, 0.1) is 5.92 Å². The minimum absolute atomic E-state index is 0.269. The summed E-state index contributed by atoms with van der Waals surface area (Å²) in [5, 5.41) is 6.85. The Morgan fingerprint density at radius 3 is 2.50 bits per heavy atom. The van der Waals surface area contributed by atoms with E-state index in [0.717, 1.165) is 50.9 Å². The maximum Gasteiger partial charge on any atom is 0.191 e. The molecule has 0 bridgehead atoms. The van der Waals surface area contributed by atoms with E-state index < -0.39 is 0 Å². The van der Waals surface area contributed by atoms with Crippen molar-refractivity contribution < 1.29 is 9.15 Å². The van der Waals surface area contributed by atoms with E-state index in [4.69, 9.17) is 9.15 Å². The van der Waals surface area contributed by atoms with E-state index in [0.29, 0.717) is 5.92 Å². The van der Waals surface area contributed by atoms with E-state index in [1.807, 2.05) is 19.1 Å². The second-order valence-electron chi connectivity index (χ2n) is 7.90. The molecule has 0 aliphatic rings. The summed E-state index contributed by atoms with van der Waals surface area (Å²) in [4.78, 5) is 6.62. The minimum Gasteiger partial charge on any atom is -0.468 e. The quantitative estimate of drug-likeness (QED) is 0.406. The van der Waals surface area contributed by atoms with E-state index in [-0.39, 0.29) is 6.10 Å². The second kappa shape index (κ2) is 13.1. The number of nitrogens with zero attached hydrogens (tertiary/aromatic N) is 2. The number of aliphatic imine (C=N–C) groups is 1. The summed E-state index contributed by atoms with van der Waals surface area (Å²) in [5.74, 6) is 2.30. The molecule has 0 aliphatic heterocycles. The molecule has 1 atom stereocenters. The Morgan fingerprint density at radius 2 is 1.87 bits per heavy atom. The molecular formula is C24H38N4O2. The first-order valence-electron chi connectivity index (χ1n) is 10.9. The lowest BCUT2D eigenvalue weighted by molar-refractivity contribution is 0.0258. The van der Waals surface area contributed by atoms with Gasteiger partial charge in [-0.3, -0.25) is 9.89 Å². The number of hydrogen-bond donors (Lipinski definition) is 2. The van der Waals surface area contributed by atoms with Crippen molar-refractivity contribution in [1.82, 2.24) is 15.5 Å². The van der Waals surface area contributed by atoms with Crippen LogP contribution in [0.25, 0.3) is 0 Å². The van der Waals surface area contributed by atoms with Crippen LogP contribution in [-0.4, -0.2) is 44.2 Å². The number of nitrogens with one attached hydrogen (secondary N) is 2. The van der Waals surface area contributed by atoms with Crippen molar-refractivity contribution >= 4 is 5.96 Å². The van der Waals surface area contributed by atoms with Crippen molar-refractivity contribution in [3.05, 3.63) is 59.5 Å². The summed E-state index contributed by atoms with van der Waals surface area (Å²) in [5.41, 5.74) is 2.56. The Morgan fingerprint density at radius 1 is 1.10 bits per heavy atom. The molecule has 0 saturated carbocycles. The molecule has 0 amide bonds. The number of furan rings is 1. The van der Waals surface area contributed by atoms with Gasteiger partial charge in [0.15, 0.2) is 5.96 Å². The number of guanidine groups is 1. The van der Waals surface area contributed by atoms with Gasteiger partial charge in [0, 0.05) is 33.3 Å². The maximum absolute atomic E-state index is 5.83. The van der Waals surface area contributed by atoms with Crippen LogP contribution < -0.4 is 10.6 Å². The van der Waals surface area contributed by atoms with Crippen LogP contribution in [-0.2, 0) is 24.4 Å². The van der Waals surface area contributed by atoms with E-state index in [2.05, 4.69) is 65.7 Å². The predicted octanol–water partition coefficient (Wildman–Crippen LogP) is 4.03. The third-order valence-electron chi connectivity index (χ3n) is 5.08. The molecule has 6 heteroatoms. The first-order valence-corrected chi connectivity index (χ1v) is 10.9. The Labute approximate surface area is 181 Å². The van der Waals surface area contributed by atoms with Gasteiger partial charge in [0.1, 0.15) is 5.76 Å². The third kappa shape index (κ3) is 8.20. The SMILES string of the molecule is CCOC(CCNC(=NC)NCc1ccccc1CN(C)Cc1ccco1)C(C)C. The Balaban J connectivity index is 1.85. The van der Waals surface area contributed by atoms with Crippen molar-refractivity contribution in [2.75, 3.05) is 27.2 Å². The highest BCUT2D eigenvalue weighted by Crippen LogP contribution is 2.13. The van der Waals surface area contributed by atoms with Gasteiger partial charge in [-0.05, 0) is 49.6 Å². The second-order valence-corrected chi connectivity index (χ2v) is 7.90. The van der Waals surface area contributed by atoms with Gasteiger partial charge in [0.05, 0.1) is 18.9 Å². The van der Waals surface area contributed by atoms with Crippen LogP contribution in [0.15, 0.2) is 52.1 Å². The van der Waals surface area contributed by atoms with Crippen LogP contribution in [0.5, 0.6) is 0 Å². The topological polar surface area (TPSA) is 62.0 Å². The zero-order valence-corrected chi connectivity index (χ0v) is 19.1. The van der Waals surface area contributed by atoms with Crippen molar-refractivity contribution in [3.63, 3.8) is 0 Å². The fourth-order valence-corrected chi connectivity index (χ4v) is 3.46. The average Bonchev–Trinajstić information content (AvgIpc) is 3.23. The summed E-state index contributed by atoms with van der Waals surface area (Å²) in [6.45, 7) is 10.4. The molecule has 0 radical (unpaired) electrons. The molecule has 2 N–H and O–H groups in total. The van der Waals surface area contributed by atoms with Crippen LogP contribution in [0.2, 0.25) is 0 Å². The van der Waals surface area contributed by atoms with Gasteiger partial charge in [-0.1, -0.05) is 38.1 Å². The highest BCUT2D eigenvalue weighted by atomic mass is 16.5. The molecule has 1 aromatic heterocycles. The molecule has 0 fully saturated rings. The Kier molecular flexibility index (Phi) is 10.5. The number of rotatable bonds is 12. The first-order chi connectivity index (χ1) is 14.5. The molecule has 1 unspecified atom stereocenters. The predicted molar refractivity (Wildman–Crippen MR) is 123 cm³/mol. The highest BCUT2D eigenvalue weighted by Gasteiger charge is 2.13. The van der Waals surface area contributed by atoms with Gasteiger partial charge < -0.3 is 19.8 Å². The molecule has 2 aromatic rings. The summed E-state index contributed by atoms with van der Waals surface area (Å²) in [6, 6.07) is 12.5. The molecular weight excluding hydrogens is 376 g/mol. The zero-order valence-electron chi connectivity index (χ0n) is 19.1. The lowest BCUT2D eigenvalue weighted by Gasteiger charge is -2.22. The number of benzene rings is 1. The lowest BCUT2D eigenvalue weighted by atomic mass is 10.0. The highest BCUT2D eigenvalue weighted by molar-refractivity contribution is 5.79. The molecule has 166 valence electrons. The molecule has 1 aromatic carbocycles. The first kappa shape index (κ1) is 24.0. The number of hydrogen-bond acceptors (Lipinski definition) is 4. The summed E-state index contributed by atoms with van der Waals surface area (Å²) in [6.07, 6.45) is 2.95. The summed E-state index contributed by atoms with van der Waals surface area (Å²) >= 11 is 0. The van der Waals surface area contributed by atoms with Gasteiger partial charge in [-0.15, -0.1) is 0 Å². The lowest BCUT2D eigenvalue weighted by Crippen LogP contribution is -2.39. The van der Waals surface area contributed by atoms with E-state index in [1.54, 1.807) is 13.3 Å². The molecule has 1 heterocycles. The molecule has 0 saturated heterocycles. The Bertz CT molecular complexity index is 743. The molecule has 30 heavy (non-hydrogen) atoms. The van der Waals surface area contributed by atoms with Gasteiger partial charge >= 0.3 is 0 Å². The standard InChI is InChI=1S/C24H38N4O2/c1-6-29-23(19(2)3)13-14-26-24(25-4)27-16-20-10-7-8-11-21(20)17-28(5)18-22-12-9-15-30-22/h7-12,15,19,23H,6,13-14,16-18H2,1-5H3,(H2,25,26,27). The van der Waals surface area contributed by atoms with Gasteiger partial charge in [-0.2, -0.15) is 0 Å². The van der Waals surface area contributed by atoms with Crippen molar-refractivity contribution in [3.8, 4) is 0 Å². The van der Waals surface area contributed by atoms with Crippen LogP contribution >= 0.6 is 0 Å². The molecule has 2 rings (SSSR count). The zero-order chi connectivity index (χ0) is 21.8. The van der Waals surface area contributed by atoms with E-state index in [9.17, 15) is 0 Å². The molecule has 0 aliphatic carbocycles. The van der Waals surface area contributed by atoms with E-state index in [1.165, 1.54) is 11.1 Å². The van der Waals surface area contributed by atoms with Gasteiger partial charge in [-0.25, -0.2) is 0 Å². The Hall–Kier alpha value is -2.31. The monoisotopic (exact) mass is 414 g/mol. The van der Waals surface area contributed by atoms with Gasteiger partial charge in [0.25, 0.3) is 0 Å².